The topological polar surface area (TPSA) is 70.6 Å². The molecule has 0 bridgehead atoms. The fourth-order valence-electron chi connectivity index (χ4n) is 3.96. The van der Waals surface area contributed by atoms with Gasteiger partial charge in [0.2, 0.25) is 0 Å². The Hall–Kier alpha value is -3.06. The number of fused-ring (bicyclic) bond motifs is 2. The zero-order chi connectivity index (χ0) is 19.4. The number of amides is 3. The Bertz CT molecular complexity index is 1120. The molecule has 2 aliphatic rings. The molecule has 0 N–H and O–H groups in total. The molecule has 6 nitrogen and oxygen atoms in total. The molecule has 3 amide bonds. The molecule has 0 saturated carbocycles. The van der Waals surface area contributed by atoms with Crippen molar-refractivity contribution in [3.63, 3.8) is 0 Å². The smallest absolute Gasteiger partial charge is 0.261 e. The Labute approximate surface area is 165 Å². The van der Waals surface area contributed by atoms with Crippen LogP contribution in [0.1, 0.15) is 55.0 Å². The molecule has 3 heterocycles. The zero-order valence-corrected chi connectivity index (χ0v) is 16.0. The normalized spacial score (nSPS) is 19.0. The highest BCUT2D eigenvalue weighted by molar-refractivity contribution is 7.18. The molecule has 2 aliphatic heterocycles. The van der Waals surface area contributed by atoms with Crippen LogP contribution in [0.5, 0.6) is 0 Å². The van der Waals surface area contributed by atoms with E-state index in [1.165, 1.54) is 7.05 Å². The summed E-state index contributed by atoms with van der Waals surface area (Å²) in [7, 11) is 1.45. The lowest BCUT2D eigenvalue weighted by Gasteiger charge is -2.23. The van der Waals surface area contributed by atoms with Gasteiger partial charge in [-0.2, -0.15) is 0 Å². The van der Waals surface area contributed by atoms with E-state index >= 15 is 0 Å². The molecule has 0 radical (unpaired) electrons. The van der Waals surface area contributed by atoms with Crippen molar-refractivity contribution in [1.82, 2.24) is 14.8 Å². The highest BCUT2D eigenvalue weighted by Crippen LogP contribution is 2.37. The quantitative estimate of drug-likeness (QED) is 0.627. The van der Waals surface area contributed by atoms with Crippen LogP contribution in [-0.4, -0.2) is 46.1 Å². The second kappa shape index (κ2) is 6.24. The average Bonchev–Trinajstić information content (AvgIpc) is 3.41. The molecule has 7 heteroatoms. The van der Waals surface area contributed by atoms with Crippen LogP contribution in [0, 0.1) is 0 Å². The first-order valence-corrected chi connectivity index (χ1v) is 9.99. The van der Waals surface area contributed by atoms with Gasteiger partial charge in [-0.25, -0.2) is 4.98 Å². The summed E-state index contributed by atoms with van der Waals surface area (Å²) in [6.45, 7) is 0.656. The number of imide groups is 1. The third-order valence-electron chi connectivity index (χ3n) is 5.45. The van der Waals surface area contributed by atoms with Gasteiger partial charge in [0.25, 0.3) is 17.7 Å². The lowest BCUT2D eigenvalue weighted by Crippen LogP contribution is -2.30. The number of carbonyl (C=O) groups excluding carboxylic acids is 3. The van der Waals surface area contributed by atoms with Crippen LogP contribution in [0.15, 0.2) is 42.5 Å². The van der Waals surface area contributed by atoms with Gasteiger partial charge in [-0.05, 0) is 43.2 Å². The van der Waals surface area contributed by atoms with E-state index < -0.39 is 0 Å². The second-order valence-corrected chi connectivity index (χ2v) is 8.17. The van der Waals surface area contributed by atoms with E-state index in [1.54, 1.807) is 29.5 Å². The number of likely N-dealkylation sites (tertiary alicyclic amines) is 1. The molecule has 0 spiro atoms. The molecule has 1 saturated heterocycles. The van der Waals surface area contributed by atoms with E-state index in [1.807, 2.05) is 29.2 Å². The summed E-state index contributed by atoms with van der Waals surface area (Å²) in [6.07, 6.45) is 1.79. The molecule has 1 unspecified atom stereocenters. The molecule has 1 atom stereocenters. The number of aromatic nitrogens is 1. The van der Waals surface area contributed by atoms with Gasteiger partial charge >= 0.3 is 0 Å². The minimum absolute atomic E-state index is 0.0573. The Balaban J connectivity index is 1.48. The molecule has 1 aromatic heterocycles. The van der Waals surface area contributed by atoms with Gasteiger partial charge in [0.1, 0.15) is 5.01 Å². The summed E-state index contributed by atoms with van der Waals surface area (Å²) in [5.41, 5.74) is 2.04. The molecule has 0 aliphatic carbocycles. The van der Waals surface area contributed by atoms with Crippen molar-refractivity contribution in [2.24, 2.45) is 0 Å². The van der Waals surface area contributed by atoms with E-state index in [9.17, 15) is 14.4 Å². The third-order valence-corrected chi connectivity index (χ3v) is 6.58. The fourth-order valence-corrected chi connectivity index (χ4v) is 5.07. The van der Waals surface area contributed by atoms with Crippen LogP contribution in [0.2, 0.25) is 0 Å². The lowest BCUT2D eigenvalue weighted by atomic mass is 10.0. The highest BCUT2D eigenvalue weighted by Gasteiger charge is 2.36. The van der Waals surface area contributed by atoms with Crippen molar-refractivity contribution in [2.75, 3.05) is 13.6 Å². The zero-order valence-electron chi connectivity index (χ0n) is 15.2. The maximum Gasteiger partial charge on any atom is 0.261 e. The van der Waals surface area contributed by atoms with E-state index in [0.717, 1.165) is 33.0 Å². The van der Waals surface area contributed by atoms with Crippen molar-refractivity contribution >= 4 is 39.3 Å². The van der Waals surface area contributed by atoms with Crippen molar-refractivity contribution < 1.29 is 14.4 Å². The third kappa shape index (κ3) is 2.46. The highest BCUT2D eigenvalue weighted by atomic mass is 32.1. The minimum atomic E-state index is -0.362. The van der Waals surface area contributed by atoms with Gasteiger partial charge in [0.15, 0.2) is 0 Å². The summed E-state index contributed by atoms with van der Waals surface area (Å²) in [5.74, 6) is -0.814. The first-order valence-electron chi connectivity index (χ1n) is 9.17. The second-order valence-electron chi connectivity index (χ2n) is 7.11. The van der Waals surface area contributed by atoms with Crippen molar-refractivity contribution in [2.45, 2.75) is 18.9 Å². The number of thiazole rings is 1. The Kier molecular flexibility index (Phi) is 3.80. The van der Waals surface area contributed by atoms with Crippen LogP contribution in [-0.2, 0) is 0 Å². The van der Waals surface area contributed by atoms with Gasteiger partial charge in [0, 0.05) is 19.2 Å². The van der Waals surface area contributed by atoms with Crippen LogP contribution in [0.3, 0.4) is 0 Å². The first kappa shape index (κ1) is 17.1. The van der Waals surface area contributed by atoms with Gasteiger partial charge in [-0.15, -0.1) is 11.3 Å². The summed E-state index contributed by atoms with van der Waals surface area (Å²) in [4.78, 5) is 45.2. The van der Waals surface area contributed by atoms with Gasteiger partial charge in [-0.1, -0.05) is 12.1 Å². The van der Waals surface area contributed by atoms with Gasteiger partial charge in [-0.3, -0.25) is 19.3 Å². The lowest BCUT2D eigenvalue weighted by molar-refractivity contribution is 0.0692. The predicted octanol–water partition coefficient (Wildman–Crippen LogP) is 3.50. The molecular formula is C21H17N3O3S. The summed E-state index contributed by atoms with van der Waals surface area (Å²) in [5, 5.41) is 0.944. The SMILES string of the molecule is CN1C(=O)c2ccc(C(=O)N3CCCC3c3nc4ccccc4s3)cc2C1=O. The number of hydrogen-bond donors (Lipinski definition) is 0. The van der Waals surface area contributed by atoms with Crippen LogP contribution >= 0.6 is 11.3 Å². The minimum Gasteiger partial charge on any atom is -0.329 e. The standard InChI is InChI=1S/C21H17N3O3S/c1-23-20(26)13-9-8-12(11-14(13)21(23)27)19(25)24-10-4-6-16(24)18-22-15-5-2-3-7-17(15)28-18/h2-3,5,7-9,11,16H,4,6,10H2,1H3. The summed E-state index contributed by atoms with van der Waals surface area (Å²) in [6, 6.07) is 12.7. The average molecular weight is 391 g/mol. The maximum atomic E-state index is 13.2. The molecule has 3 aromatic rings. The van der Waals surface area contributed by atoms with E-state index in [-0.39, 0.29) is 23.8 Å². The predicted molar refractivity (Wildman–Crippen MR) is 105 cm³/mol. The number of nitrogens with zero attached hydrogens (tertiary/aromatic N) is 3. The van der Waals surface area contributed by atoms with E-state index in [2.05, 4.69) is 0 Å². The summed E-state index contributed by atoms with van der Waals surface area (Å²) < 4.78 is 1.11. The monoisotopic (exact) mass is 391 g/mol. The fraction of sp³-hybridized carbons (Fsp3) is 0.238. The number of hydrogen-bond acceptors (Lipinski definition) is 5. The largest absolute Gasteiger partial charge is 0.329 e. The number of benzene rings is 2. The Morgan fingerprint density at radius 3 is 2.71 bits per heavy atom. The van der Waals surface area contributed by atoms with Gasteiger partial charge < -0.3 is 4.90 Å². The first-order chi connectivity index (χ1) is 13.5. The summed E-state index contributed by atoms with van der Waals surface area (Å²) >= 11 is 1.62. The Morgan fingerprint density at radius 1 is 1.11 bits per heavy atom. The van der Waals surface area contributed by atoms with Gasteiger partial charge in [0.05, 0.1) is 27.4 Å². The number of para-hydroxylation sites is 1. The van der Waals surface area contributed by atoms with E-state index in [4.69, 9.17) is 4.98 Å². The molecule has 2 aromatic carbocycles. The maximum absolute atomic E-state index is 13.2. The van der Waals surface area contributed by atoms with Crippen LogP contribution in [0.4, 0.5) is 0 Å². The van der Waals surface area contributed by atoms with Crippen LogP contribution < -0.4 is 0 Å². The molecular weight excluding hydrogens is 374 g/mol. The molecule has 140 valence electrons. The molecule has 1 fully saturated rings. The molecule has 5 rings (SSSR count). The Morgan fingerprint density at radius 2 is 1.89 bits per heavy atom. The van der Waals surface area contributed by atoms with Crippen molar-refractivity contribution in [3.8, 4) is 0 Å². The van der Waals surface area contributed by atoms with Crippen LogP contribution in [0.25, 0.3) is 10.2 Å². The molecule has 28 heavy (non-hydrogen) atoms. The van der Waals surface area contributed by atoms with Crippen molar-refractivity contribution in [1.29, 1.82) is 0 Å². The van der Waals surface area contributed by atoms with E-state index in [0.29, 0.717) is 23.2 Å². The number of carbonyl (C=O) groups is 3. The van der Waals surface area contributed by atoms with Crippen molar-refractivity contribution in [3.05, 3.63) is 64.2 Å². The number of rotatable bonds is 2.